The van der Waals surface area contributed by atoms with Crippen LogP contribution in [-0.4, -0.2) is 29.3 Å². The van der Waals surface area contributed by atoms with Crippen molar-refractivity contribution in [2.24, 2.45) is 5.92 Å². The van der Waals surface area contributed by atoms with E-state index in [-0.39, 0.29) is 6.61 Å². The van der Waals surface area contributed by atoms with E-state index >= 15 is 0 Å². The van der Waals surface area contributed by atoms with Crippen molar-refractivity contribution in [2.45, 2.75) is 26.3 Å². The van der Waals surface area contributed by atoms with Gasteiger partial charge in [-0.3, -0.25) is 4.98 Å². The molecule has 84 valence electrons. The Hall–Kier alpha value is -0.930. The molecule has 0 amide bonds. The van der Waals surface area contributed by atoms with Crippen molar-refractivity contribution in [2.75, 3.05) is 13.2 Å². The van der Waals surface area contributed by atoms with Gasteiger partial charge in [0.15, 0.2) is 0 Å². The molecular formula is C12H20N2O. The van der Waals surface area contributed by atoms with E-state index in [1.54, 1.807) is 6.20 Å². The summed E-state index contributed by atoms with van der Waals surface area (Å²) in [7, 11) is 0. The number of aromatic nitrogens is 1. The Morgan fingerprint density at radius 2 is 2.27 bits per heavy atom. The predicted molar refractivity (Wildman–Crippen MR) is 61.7 cm³/mol. The van der Waals surface area contributed by atoms with Crippen LogP contribution in [0.2, 0.25) is 0 Å². The molecule has 1 aromatic rings. The predicted octanol–water partition coefficient (Wildman–Crippen LogP) is 1.23. The topological polar surface area (TPSA) is 45.1 Å². The second kappa shape index (κ2) is 6.53. The molecule has 1 rings (SSSR count). The minimum atomic E-state index is 0.237. The van der Waals surface area contributed by atoms with Gasteiger partial charge in [-0.2, -0.15) is 0 Å². The van der Waals surface area contributed by atoms with Gasteiger partial charge in [-0.25, -0.2) is 0 Å². The molecule has 0 bridgehead atoms. The van der Waals surface area contributed by atoms with E-state index in [2.05, 4.69) is 23.3 Å². The molecule has 0 aromatic carbocycles. The van der Waals surface area contributed by atoms with Crippen LogP contribution in [0.5, 0.6) is 0 Å². The minimum absolute atomic E-state index is 0.237. The van der Waals surface area contributed by atoms with E-state index in [1.807, 2.05) is 19.2 Å². The molecule has 0 fully saturated rings. The van der Waals surface area contributed by atoms with Gasteiger partial charge in [0.05, 0.1) is 0 Å². The molecule has 3 nitrogen and oxygen atoms in total. The molecule has 2 N–H and O–H groups in total. The molecule has 0 aliphatic heterocycles. The number of hydrogen-bond donors (Lipinski definition) is 2. The fourth-order valence-corrected chi connectivity index (χ4v) is 1.35. The van der Waals surface area contributed by atoms with Gasteiger partial charge in [0, 0.05) is 25.0 Å². The zero-order valence-electron chi connectivity index (χ0n) is 9.48. The normalized spacial score (nSPS) is 14.9. The van der Waals surface area contributed by atoms with E-state index in [0.717, 1.165) is 13.0 Å². The van der Waals surface area contributed by atoms with Crippen molar-refractivity contribution in [3.8, 4) is 0 Å². The highest BCUT2D eigenvalue weighted by Gasteiger charge is 2.09. The van der Waals surface area contributed by atoms with E-state index < -0.39 is 0 Å². The van der Waals surface area contributed by atoms with Gasteiger partial charge in [-0.05, 0) is 37.4 Å². The zero-order chi connectivity index (χ0) is 11.1. The molecule has 0 saturated heterocycles. The highest BCUT2D eigenvalue weighted by molar-refractivity contribution is 5.08. The summed E-state index contributed by atoms with van der Waals surface area (Å²) in [5.74, 6) is 0.305. The highest BCUT2D eigenvalue weighted by atomic mass is 16.3. The largest absolute Gasteiger partial charge is 0.396 e. The average Bonchev–Trinajstić information content (AvgIpc) is 2.29. The zero-order valence-corrected chi connectivity index (χ0v) is 9.48. The van der Waals surface area contributed by atoms with E-state index in [1.165, 1.54) is 5.56 Å². The van der Waals surface area contributed by atoms with Crippen LogP contribution in [0.3, 0.4) is 0 Å². The van der Waals surface area contributed by atoms with E-state index in [9.17, 15) is 0 Å². The number of rotatable bonds is 6. The fraction of sp³-hybridized carbons (Fsp3) is 0.583. The summed E-state index contributed by atoms with van der Waals surface area (Å²) in [6, 6.07) is 4.39. The standard InChI is InChI=1S/C12H20N2O/c1-10(9-15)11(2)14-7-5-12-4-3-6-13-8-12/h3-4,6,8,10-11,14-15H,5,7,9H2,1-2H3. The summed E-state index contributed by atoms with van der Waals surface area (Å²) in [5, 5.41) is 12.4. The molecule has 0 radical (unpaired) electrons. The number of aliphatic hydroxyl groups is 1. The summed E-state index contributed by atoms with van der Waals surface area (Å²) in [6.45, 7) is 5.31. The van der Waals surface area contributed by atoms with Gasteiger partial charge in [0.1, 0.15) is 0 Å². The number of nitrogens with zero attached hydrogens (tertiary/aromatic N) is 1. The lowest BCUT2D eigenvalue weighted by Crippen LogP contribution is -2.35. The first-order chi connectivity index (χ1) is 7.24. The van der Waals surface area contributed by atoms with Crippen molar-refractivity contribution in [1.29, 1.82) is 0 Å². The van der Waals surface area contributed by atoms with Crippen LogP contribution < -0.4 is 5.32 Å². The molecular weight excluding hydrogens is 188 g/mol. The fourth-order valence-electron chi connectivity index (χ4n) is 1.35. The molecule has 1 aromatic heterocycles. The summed E-state index contributed by atoms with van der Waals surface area (Å²) in [6.07, 6.45) is 4.66. The van der Waals surface area contributed by atoms with Gasteiger partial charge in [0.2, 0.25) is 0 Å². The molecule has 0 spiro atoms. The molecule has 0 aliphatic rings. The Kier molecular flexibility index (Phi) is 5.29. The van der Waals surface area contributed by atoms with Crippen LogP contribution in [0.1, 0.15) is 19.4 Å². The monoisotopic (exact) mass is 208 g/mol. The Morgan fingerprint density at radius 1 is 1.47 bits per heavy atom. The maximum atomic E-state index is 8.97. The third kappa shape index (κ3) is 4.40. The van der Waals surface area contributed by atoms with Crippen LogP contribution in [-0.2, 0) is 6.42 Å². The lowest BCUT2D eigenvalue weighted by atomic mass is 10.1. The second-order valence-corrected chi connectivity index (χ2v) is 4.01. The first-order valence-corrected chi connectivity index (χ1v) is 5.47. The number of aliphatic hydroxyl groups excluding tert-OH is 1. The van der Waals surface area contributed by atoms with Crippen molar-refractivity contribution in [3.05, 3.63) is 30.1 Å². The third-order valence-electron chi connectivity index (χ3n) is 2.74. The molecule has 2 atom stereocenters. The van der Waals surface area contributed by atoms with Gasteiger partial charge in [0.25, 0.3) is 0 Å². The van der Waals surface area contributed by atoms with Gasteiger partial charge in [-0.15, -0.1) is 0 Å². The van der Waals surface area contributed by atoms with Crippen molar-refractivity contribution < 1.29 is 5.11 Å². The van der Waals surface area contributed by atoms with Crippen molar-refractivity contribution in [1.82, 2.24) is 10.3 Å². The first-order valence-electron chi connectivity index (χ1n) is 5.47. The third-order valence-corrected chi connectivity index (χ3v) is 2.74. The number of nitrogens with one attached hydrogen (secondary N) is 1. The van der Waals surface area contributed by atoms with Gasteiger partial charge >= 0.3 is 0 Å². The van der Waals surface area contributed by atoms with Crippen LogP contribution in [0.25, 0.3) is 0 Å². The lowest BCUT2D eigenvalue weighted by molar-refractivity contribution is 0.208. The summed E-state index contributed by atoms with van der Waals surface area (Å²) in [5.41, 5.74) is 1.24. The molecule has 3 heteroatoms. The van der Waals surface area contributed by atoms with Gasteiger partial charge < -0.3 is 10.4 Å². The number of pyridine rings is 1. The first kappa shape index (κ1) is 12.1. The maximum absolute atomic E-state index is 8.97. The summed E-state index contributed by atoms with van der Waals surface area (Å²) < 4.78 is 0. The van der Waals surface area contributed by atoms with E-state index in [0.29, 0.717) is 12.0 Å². The van der Waals surface area contributed by atoms with Gasteiger partial charge in [-0.1, -0.05) is 13.0 Å². The smallest absolute Gasteiger partial charge is 0.0471 e. The molecule has 0 saturated carbocycles. The quantitative estimate of drug-likeness (QED) is 0.739. The Labute approximate surface area is 91.5 Å². The molecule has 15 heavy (non-hydrogen) atoms. The van der Waals surface area contributed by atoms with Crippen LogP contribution in [0.4, 0.5) is 0 Å². The molecule has 2 unspecified atom stereocenters. The average molecular weight is 208 g/mol. The van der Waals surface area contributed by atoms with Crippen molar-refractivity contribution >= 4 is 0 Å². The van der Waals surface area contributed by atoms with Crippen LogP contribution >= 0.6 is 0 Å². The Bertz CT molecular complexity index is 264. The molecule has 0 aliphatic carbocycles. The SMILES string of the molecule is CC(CO)C(C)NCCc1cccnc1. The van der Waals surface area contributed by atoms with Crippen LogP contribution in [0, 0.1) is 5.92 Å². The second-order valence-electron chi connectivity index (χ2n) is 4.01. The lowest BCUT2D eigenvalue weighted by Gasteiger charge is -2.19. The Balaban J connectivity index is 2.22. The number of hydrogen-bond acceptors (Lipinski definition) is 3. The maximum Gasteiger partial charge on any atom is 0.0471 e. The molecule has 1 heterocycles. The van der Waals surface area contributed by atoms with E-state index in [4.69, 9.17) is 5.11 Å². The summed E-state index contributed by atoms with van der Waals surface area (Å²) in [4.78, 5) is 4.07. The van der Waals surface area contributed by atoms with Crippen LogP contribution in [0.15, 0.2) is 24.5 Å². The highest BCUT2D eigenvalue weighted by Crippen LogP contribution is 2.01. The van der Waals surface area contributed by atoms with Crippen molar-refractivity contribution in [3.63, 3.8) is 0 Å². The minimum Gasteiger partial charge on any atom is -0.396 e. The summed E-state index contributed by atoms with van der Waals surface area (Å²) >= 11 is 0. The Morgan fingerprint density at radius 3 is 2.87 bits per heavy atom.